The summed E-state index contributed by atoms with van der Waals surface area (Å²) < 4.78 is 11.8. The van der Waals surface area contributed by atoms with Gasteiger partial charge >= 0.3 is 0 Å². The molecule has 2 aliphatic rings. The monoisotopic (exact) mass is 587 g/mol. The highest BCUT2D eigenvalue weighted by atomic mass is 16.5. The molecule has 0 fully saturated rings. The quantitative estimate of drug-likeness (QED) is 0.193. The van der Waals surface area contributed by atoms with Crippen LogP contribution in [0, 0.1) is 0 Å². The van der Waals surface area contributed by atoms with Crippen molar-refractivity contribution in [1.82, 2.24) is 23.8 Å². The number of pyridine rings is 4. The number of hydrogen-bond donors (Lipinski definition) is 0. The van der Waals surface area contributed by atoms with E-state index >= 15 is 0 Å². The molecule has 2 aromatic carbocycles. The second-order valence-electron chi connectivity index (χ2n) is 13.5. The van der Waals surface area contributed by atoms with Gasteiger partial charge in [0.2, 0.25) is 0 Å². The van der Waals surface area contributed by atoms with E-state index in [-0.39, 0.29) is 11.8 Å². The zero-order valence-corrected chi connectivity index (χ0v) is 26.0. The van der Waals surface area contributed by atoms with Crippen LogP contribution in [0.5, 0.6) is 11.5 Å². The number of nitrogens with zero attached hydrogens (tertiary/aromatic N) is 5. The Bertz CT molecular complexity index is 2410. The van der Waals surface area contributed by atoms with E-state index in [0.717, 1.165) is 76.0 Å². The molecule has 6 aromatic heterocycles. The summed E-state index contributed by atoms with van der Waals surface area (Å²) in [5.41, 5.74) is 14.0. The van der Waals surface area contributed by atoms with Gasteiger partial charge in [0.05, 0.1) is 39.0 Å². The van der Waals surface area contributed by atoms with Crippen LogP contribution >= 0.6 is 0 Å². The lowest BCUT2D eigenvalue weighted by atomic mass is 9.98. The van der Waals surface area contributed by atoms with Crippen molar-refractivity contribution in [1.29, 1.82) is 0 Å². The van der Waals surface area contributed by atoms with E-state index in [4.69, 9.17) is 19.7 Å². The Labute approximate surface area is 260 Å². The smallest absolute Gasteiger partial charge is 0.150 e. The third kappa shape index (κ3) is 3.32. The van der Waals surface area contributed by atoms with Gasteiger partial charge in [-0.2, -0.15) is 0 Å². The van der Waals surface area contributed by atoms with Crippen molar-refractivity contribution in [3.05, 3.63) is 101 Å². The maximum atomic E-state index is 7.02. The number of rotatable bonds is 4. The van der Waals surface area contributed by atoms with Gasteiger partial charge in [-0.3, -0.25) is 4.40 Å². The van der Waals surface area contributed by atoms with Crippen LogP contribution in [0.1, 0.15) is 73.4 Å². The molecule has 0 saturated carbocycles. The Morgan fingerprint density at radius 3 is 1.89 bits per heavy atom. The van der Waals surface area contributed by atoms with Crippen molar-refractivity contribution in [2.75, 3.05) is 0 Å². The molecule has 45 heavy (non-hydrogen) atoms. The van der Waals surface area contributed by atoms with Crippen molar-refractivity contribution in [3.8, 4) is 11.5 Å². The lowest BCUT2D eigenvalue weighted by Gasteiger charge is -2.22. The average molecular weight is 588 g/mol. The Hall–Kier alpha value is -4.97. The van der Waals surface area contributed by atoms with Crippen LogP contribution in [0.15, 0.2) is 66.9 Å². The molecular formula is C39H33N5O. The molecule has 220 valence electrons. The molecule has 0 radical (unpaired) electrons. The predicted molar refractivity (Wildman–Crippen MR) is 181 cm³/mol. The maximum Gasteiger partial charge on any atom is 0.150 e. The van der Waals surface area contributed by atoms with Crippen molar-refractivity contribution in [3.63, 3.8) is 0 Å². The van der Waals surface area contributed by atoms with Crippen LogP contribution in [-0.4, -0.2) is 23.8 Å². The van der Waals surface area contributed by atoms with Gasteiger partial charge in [-0.15, -0.1) is 0 Å². The minimum absolute atomic E-state index is 0.165. The van der Waals surface area contributed by atoms with Crippen molar-refractivity contribution in [2.45, 2.75) is 65.2 Å². The fourth-order valence-corrected chi connectivity index (χ4v) is 8.08. The molecule has 0 amide bonds. The Morgan fingerprint density at radius 2 is 1.22 bits per heavy atom. The fraction of sp³-hybridized carbons (Fsp3) is 0.256. The highest BCUT2D eigenvalue weighted by Crippen LogP contribution is 2.43. The number of para-hydroxylation sites is 2. The van der Waals surface area contributed by atoms with Crippen LogP contribution in [0.4, 0.5) is 0 Å². The van der Waals surface area contributed by atoms with E-state index in [1.54, 1.807) is 0 Å². The Morgan fingerprint density at radius 1 is 0.622 bits per heavy atom. The molecule has 0 aliphatic carbocycles. The number of aryl methyl sites for hydroxylation is 4. The maximum absolute atomic E-state index is 7.02. The van der Waals surface area contributed by atoms with Crippen LogP contribution in [-0.2, 0) is 25.7 Å². The van der Waals surface area contributed by atoms with Crippen LogP contribution < -0.4 is 4.74 Å². The first kappa shape index (κ1) is 25.4. The van der Waals surface area contributed by atoms with E-state index in [1.165, 1.54) is 49.8 Å². The minimum atomic E-state index is 0.165. The molecule has 2 aliphatic heterocycles. The number of benzene rings is 2. The van der Waals surface area contributed by atoms with Gasteiger partial charge in [0, 0.05) is 39.1 Å². The molecular weight excluding hydrogens is 554 g/mol. The fourth-order valence-electron chi connectivity index (χ4n) is 8.08. The van der Waals surface area contributed by atoms with Crippen molar-refractivity contribution >= 4 is 54.8 Å². The number of aromatic nitrogens is 5. The standard InChI is InChI=1S/C39H33N5O/c1-20(2)33-31(17-28-30-16-15-24-13-11-22-7-5-9-26(35(28)41-33)37(22)43(24)30)45-32-18-29-36(42-34(32)21(3)4)27-10-6-8-23-12-14-25-19-40-39(29)44(25)38(23)27/h5-10,15-21H,11-14H2,1-4H3. The first-order chi connectivity index (χ1) is 22.0. The molecule has 8 heterocycles. The molecule has 8 aromatic rings. The number of ether oxygens (including phenoxy) is 1. The van der Waals surface area contributed by atoms with Gasteiger partial charge in [0.15, 0.2) is 0 Å². The largest absolute Gasteiger partial charge is 0.453 e. The van der Waals surface area contributed by atoms with Crippen LogP contribution in [0.2, 0.25) is 0 Å². The SMILES string of the molecule is CC(C)c1nc2c(cc1Oc1cc3c(nc1C(C)C)c1cccc4c1n1c(cnc31)CC4)c1ccc3n1c1c(cccc21)CC3. The second-order valence-corrected chi connectivity index (χ2v) is 13.5. The summed E-state index contributed by atoms with van der Waals surface area (Å²) in [5.74, 6) is 1.91. The van der Waals surface area contributed by atoms with E-state index < -0.39 is 0 Å². The average Bonchev–Trinajstić information content (AvgIpc) is 3.69. The van der Waals surface area contributed by atoms with Gasteiger partial charge in [0.1, 0.15) is 17.1 Å². The van der Waals surface area contributed by atoms with Gasteiger partial charge in [0.25, 0.3) is 0 Å². The van der Waals surface area contributed by atoms with E-state index in [9.17, 15) is 0 Å². The molecule has 6 nitrogen and oxygen atoms in total. The molecule has 6 heteroatoms. The number of fused-ring (bicyclic) bond motifs is 6. The summed E-state index contributed by atoms with van der Waals surface area (Å²) in [6, 6.07) is 22.2. The molecule has 0 atom stereocenters. The van der Waals surface area contributed by atoms with E-state index in [0.29, 0.717) is 0 Å². The summed E-state index contributed by atoms with van der Waals surface area (Å²) in [7, 11) is 0. The normalized spacial score (nSPS) is 14.3. The molecule has 0 spiro atoms. The molecule has 0 N–H and O–H groups in total. The van der Waals surface area contributed by atoms with Crippen molar-refractivity contribution in [2.24, 2.45) is 0 Å². The van der Waals surface area contributed by atoms with Crippen molar-refractivity contribution < 1.29 is 4.74 Å². The second kappa shape index (κ2) is 8.81. The van der Waals surface area contributed by atoms with E-state index in [1.807, 2.05) is 6.20 Å². The van der Waals surface area contributed by atoms with Gasteiger partial charge in [-0.05, 0) is 72.9 Å². The lowest BCUT2D eigenvalue weighted by molar-refractivity contribution is 0.458. The molecule has 0 bridgehead atoms. The third-order valence-electron chi connectivity index (χ3n) is 10.2. The first-order valence-corrected chi connectivity index (χ1v) is 16.3. The summed E-state index contributed by atoms with van der Waals surface area (Å²) in [5, 5.41) is 4.53. The Kier molecular flexibility index (Phi) is 4.97. The lowest BCUT2D eigenvalue weighted by Crippen LogP contribution is -2.09. The highest BCUT2D eigenvalue weighted by molar-refractivity contribution is 6.13. The van der Waals surface area contributed by atoms with E-state index in [2.05, 4.69) is 97.2 Å². The minimum Gasteiger partial charge on any atom is -0.453 e. The summed E-state index contributed by atoms with van der Waals surface area (Å²) >= 11 is 0. The molecule has 0 saturated heterocycles. The van der Waals surface area contributed by atoms with Crippen LogP contribution in [0.25, 0.3) is 54.8 Å². The van der Waals surface area contributed by atoms with Gasteiger partial charge in [-0.1, -0.05) is 64.1 Å². The number of imidazole rings is 1. The number of hydrogen-bond acceptors (Lipinski definition) is 4. The Balaban J connectivity index is 1.26. The summed E-state index contributed by atoms with van der Waals surface area (Å²) in [6.45, 7) is 8.79. The zero-order chi connectivity index (χ0) is 30.1. The summed E-state index contributed by atoms with van der Waals surface area (Å²) in [4.78, 5) is 15.7. The van der Waals surface area contributed by atoms with Gasteiger partial charge in [-0.25, -0.2) is 15.0 Å². The van der Waals surface area contributed by atoms with Gasteiger partial charge < -0.3 is 9.14 Å². The summed E-state index contributed by atoms with van der Waals surface area (Å²) in [6.07, 6.45) is 6.17. The third-order valence-corrected chi connectivity index (χ3v) is 10.2. The molecule has 0 unspecified atom stereocenters. The van der Waals surface area contributed by atoms with Crippen LogP contribution in [0.3, 0.4) is 0 Å². The highest BCUT2D eigenvalue weighted by Gasteiger charge is 2.25. The molecule has 10 rings (SSSR count). The zero-order valence-electron chi connectivity index (χ0n) is 26.0. The topological polar surface area (TPSA) is 56.7 Å². The first-order valence-electron chi connectivity index (χ1n) is 16.3. The predicted octanol–water partition coefficient (Wildman–Crippen LogP) is 9.23.